The zero-order valence-electron chi connectivity index (χ0n) is 15.1. The number of hydrogen-bond donors (Lipinski definition) is 0. The van der Waals surface area contributed by atoms with Gasteiger partial charge in [-0.1, -0.05) is 54.8 Å². The number of aryl methyl sites for hydroxylation is 1. The second kappa shape index (κ2) is 9.20. The highest BCUT2D eigenvalue weighted by molar-refractivity contribution is 6.30. The normalized spacial score (nSPS) is 20.9. The van der Waals surface area contributed by atoms with Crippen LogP contribution in [0.5, 0.6) is 0 Å². The zero-order valence-corrected chi connectivity index (χ0v) is 15.9. The number of aromatic nitrogens is 1. The third-order valence-electron chi connectivity index (χ3n) is 5.48. The highest BCUT2D eigenvalue weighted by atomic mass is 35.5. The first-order valence-electron chi connectivity index (χ1n) is 9.56. The van der Waals surface area contributed by atoms with Gasteiger partial charge in [-0.25, -0.2) is 0 Å². The number of hydrogen-bond acceptors (Lipinski definition) is 1. The van der Waals surface area contributed by atoms with Crippen molar-refractivity contribution in [3.05, 3.63) is 65.3 Å². The number of benzene rings is 1. The predicted octanol–water partition coefficient (Wildman–Crippen LogP) is 7.11. The molecule has 0 unspecified atom stereocenters. The maximum absolute atomic E-state index is 5.95. The topological polar surface area (TPSA) is 12.9 Å². The molecule has 1 aliphatic rings. The summed E-state index contributed by atoms with van der Waals surface area (Å²) in [6.45, 7) is 2.12. The van der Waals surface area contributed by atoms with Crippen LogP contribution in [0.3, 0.4) is 0 Å². The van der Waals surface area contributed by atoms with Crippen molar-refractivity contribution in [3.63, 3.8) is 0 Å². The molecule has 0 saturated heterocycles. The van der Waals surface area contributed by atoms with Gasteiger partial charge in [0.1, 0.15) is 0 Å². The van der Waals surface area contributed by atoms with Gasteiger partial charge in [0.15, 0.2) is 0 Å². The van der Waals surface area contributed by atoms with Crippen molar-refractivity contribution < 1.29 is 0 Å². The number of pyridine rings is 1. The monoisotopic (exact) mass is 353 g/mol. The van der Waals surface area contributed by atoms with Crippen LogP contribution in [-0.4, -0.2) is 4.98 Å². The van der Waals surface area contributed by atoms with Crippen LogP contribution in [0.25, 0.3) is 11.3 Å². The van der Waals surface area contributed by atoms with E-state index in [1.54, 1.807) is 0 Å². The maximum atomic E-state index is 5.95. The Bertz CT molecular complexity index is 664. The first-order chi connectivity index (χ1) is 12.2. The van der Waals surface area contributed by atoms with E-state index in [2.05, 4.69) is 36.2 Å². The van der Waals surface area contributed by atoms with Crippen LogP contribution in [0.2, 0.25) is 5.02 Å². The lowest BCUT2D eigenvalue weighted by Crippen LogP contribution is -2.14. The molecule has 1 nitrogen and oxygen atoms in total. The van der Waals surface area contributed by atoms with Crippen molar-refractivity contribution in [2.75, 3.05) is 0 Å². The summed E-state index contributed by atoms with van der Waals surface area (Å²) in [7, 11) is 0. The third kappa shape index (κ3) is 5.44. The minimum absolute atomic E-state index is 0.765. The van der Waals surface area contributed by atoms with E-state index >= 15 is 0 Å². The Morgan fingerprint density at radius 1 is 1.00 bits per heavy atom. The minimum Gasteiger partial charge on any atom is -0.256 e. The quantitative estimate of drug-likeness (QED) is 0.504. The fraction of sp³-hybridized carbons (Fsp3) is 0.435. The molecular weight excluding hydrogens is 326 g/mol. The summed E-state index contributed by atoms with van der Waals surface area (Å²) in [6.07, 6.45) is 15.9. The van der Waals surface area contributed by atoms with Gasteiger partial charge in [0.2, 0.25) is 0 Å². The third-order valence-corrected chi connectivity index (χ3v) is 5.73. The lowest BCUT2D eigenvalue weighted by Gasteiger charge is -2.27. The number of allylic oxidation sites excluding steroid dienone is 2. The van der Waals surface area contributed by atoms with Gasteiger partial charge in [0.05, 0.1) is 5.69 Å². The average Bonchev–Trinajstić information content (AvgIpc) is 2.67. The fourth-order valence-electron chi connectivity index (χ4n) is 3.82. The van der Waals surface area contributed by atoms with E-state index in [-0.39, 0.29) is 0 Å². The van der Waals surface area contributed by atoms with E-state index in [0.29, 0.717) is 0 Å². The van der Waals surface area contributed by atoms with Gasteiger partial charge in [-0.05, 0) is 74.6 Å². The molecule has 1 fully saturated rings. The molecule has 25 heavy (non-hydrogen) atoms. The van der Waals surface area contributed by atoms with E-state index in [1.807, 2.05) is 30.5 Å². The van der Waals surface area contributed by atoms with E-state index in [4.69, 9.17) is 11.6 Å². The van der Waals surface area contributed by atoms with E-state index in [1.165, 1.54) is 44.1 Å². The molecule has 132 valence electrons. The number of nitrogens with zero attached hydrogens (tertiary/aromatic N) is 1. The van der Waals surface area contributed by atoms with Gasteiger partial charge in [0, 0.05) is 16.8 Å². The standard InChI is InChI=1S/C23H28ClN/c1-2-3-4-18-5-7-19(8-6-18)9-10-20-11-16-23(25-17-20)21-12-14-22(24)15-13-21/h2-3,11-19H,4-10H2,1H3/b3-2+. The Hall–Kier alpha value is -1.60. The summed E-state index contributed by atoms with van der Waals surface area (Å²) < 4.78 is 0. The molecule has 0 aliphatic heterocycles. The Labute approximate surface area is 157 Å². The molecule has 0 spiro atoms. The smallest absolute Gasteiger partial charge is 0.0702 e. The number of rotatable bonds is 6. The van der Waals surface area contributed by atoms with Crippen LogP contribution in [-0.2, 0) is 6.42 Å². The summed E-state index contributed by atoms with van der Waals surface area (Å²) in [5.74, 6) is 1.82. The van der Waals surface area contributed by atoms with Crippen LogP contribution < -0.4 is 0 Å². The van der Waals surface area contributed by atoms with Crippen molar-refractivity contribution in [2.45, 2.75) is 51.9 Å². The lowest BCUT2D eigenvalue weighted by atomic mass is 9.78. The van der Waals surface area contributed by atoms with Crippen LogP contribution >= 0.6 is 11.6 Å². The molecule has 1 heterocycles. The second-order valence-corrected chi connectivity index (χ2v) is 7.73. The van der Waals surface area contributed by atoms with Gasteiger partial charge in [-0.2, -0.15) is 0 Å². The molecule has 1 aromatic carbocycles. The van der Waals surface area contributed by atoms with Crippen molar-refractivity contribution >= 4 is 11.6 Å². The molecule has 1 saturated carbocycles. The molecular formula is C23H28ClN. The Morgan fingerprint density at radius 3 is 2.36 bits per heavy atom. The Kier molecular flexibility index (Phi) is 6.69. The maximum Gasteiger partial charge on any atom is 0.0702 e. The summed E-state index contributed by atoms with van der Waals surface area (Å²) in [5, 5.41) is 0.765. The van der Waals surface area contributed by atoms with Crippen molar-refractivity contribution in [1.82, 2.24) is 4.98 Å². The second-order valence-electron chi connectivity index (χ2n) is 7.29. The molecule has 2 aromatic rings. The molecule has 0 bridgehead atoms. The summed E-state index contributed by atoms with van der Waals surface area (Å²) in [6, 6.07) is 12.2. The average molecular weight is 354 g/mol. The molecule has 2 heteroatoms. The van der Waals surface area contributed by atoms with Crippen LogP contribution in [0.15, 0.2) is 54.7 Å². The fourth-order valence-corrected chi connectivity index (χ4v) is 3.94. The van der Waals surface area contributed by atoms with E-state index in [9.17, 15) is 0 Å². The Morgan fingerprint density at radius 2 is 1.72 bits per heavy atom. The molecule has 0 amide bonds. The molecule has 0 radical (unpaired) electrons. The largest absolute Gasteiger partial charge is 0.256 e. The van der Waals surface area contributed by atoms with Gasteiger partial charge in [0.25, 0.3) is 0 Å². The van der Waals surface area contributed by atoms with Gasteiger partial charge in [-0.3, -0.25) is 4.98 Å². The van der Waals surface area contributed by atoms with Crippen LogP contribution in [0.4, 0.5) is 0 Å². The van der Waals surface area contributed by atoms with E-state index in [0.717, 1.165) is 34.5 Å². The SMILES string of the molecule is C/C=C/CC1CCC(CCc2ccc(-c3ccc(Cl)cc3)nc2)CC1. The highest BCUT2D eigenvalue weighted by Crippen LogP contribution is 2.33. The summed E-state index contributed by atoms with van der Waals surface area (Å²) in [4.78, 5) is 4.64. The lowest BCUT2D eigenvalue weighted by molar-refractivity contribution is 0.265. The van der Waals surface area contributed by atoms with E-state index < -0.39 is 0 Å². The minimum atomic E-state index is 0.765. The summed E-state index contributed by atoms with van der Waals surface area (Å²) in [5.41, 5.74) is 3.49. The molecule has 3 rings (SSSR count). The first kappa shape index (κ1) is 18.2. The van der Waals surface area contributed by atoms with Crippen molar-refractivity contribution in [1.29, 1.82) is 0 Å². The van der Waals surface area contributed by atoms with Gasteiger partial charge < -0.3 is 0 Å². The summed E-state index contributed by atoms with van der Waals surface area (Å²) >= 11 is 5.95. The number of halogens is 1. The molecule has 1 aromatic heterocycles. The van der Waals surface area contributed by atoms with Gasteiger partial charge in [-0.15, -0.1) is 0 Å². The van der Waals surface area contributed by atoms with Crippen molar-refractivity contribution in [3.8, 4) is 11.3 Å². The first-order valence-corrected chi connectivity index (χ1v) is 9.94. The molecule has 0 atom stereocenters. The van der Waals surface area contributed by atoms with Crippen LogP contribution in [0.1, 0.15) is 51.0 Å². The van der Waals surface area contributed by atoms with Crippen molar-refractivity contribution in [2.24, 2.45) is 11.8 Å². The Balaban J connectivity index is 1.47. The zero-order chi connectivity index (χ0) is 17.5. The van der Waals surface area contributed by atoms with Crippen LogP contribution in [0, 0.1) is 11.8 Å². The van der Waals surface area contributed by atoms with Gasteiger partial charge >= 0.3 is 0 Å². The highest BCUT2D eigenvalue weighted by Gasteiger charge is 2.20. The molecule has 1 aliphatic carbocycles. The molecule has 0 N–H and O–H groups in total. The predicted molar refractivity (Wildman–Crippen MR) is 108 cm³/mol.